The first-order valence-electron chi connectivity index (χ1n) is 6.06. The summed E-state index contributed by atoms with van der Waals surface area (Å²) in [7, 11) is 1.66. The van der Waals surface area contributed by atoms with Crippen LogP contribution in [-0.4, -0.2) is 43.2 Å². The van der Waals surface area contributed by atoms with Gasteiger partial charge in [-0.3, -0.25) is 4.79 Å². The zero-order valence-electron chi connectivity index (χ0n) is 11.0. The first-order chi connectivity index (χ1) is 7.52. The van der Waals surface area contributed by atoms with Crippen LogP contribution in [0, 0.1) is 0 Å². The number of ether oxygens (including phenoxy) is 1. The van der Waals surface area contributed by atoms with Crippen molar-refractivity contribution in [1.29, 1.82) is 0 Å². The van der Waals surface area contributed by atoms with Gasteiger partial charge in [-0.05, 0) is 33.6 Å². The highest BCUT2D eigenvalue weighted by molar-refractivity contribution is 5.76. The molecule has 0 aliphatic rings. The van der Waals surface area contributed by atoms with Crippen molar-refractivity contribution in [2.45, 2.75) is 52.1 Å². The van der Waals surface area contributed by atoms with Crippen molar-refractivity contribution < 1.29 is 9.53 Å². The van der Waals surface area contributed by atoms with E-state index in [1.807, 2.05) is 25.7 Å². The van der Waals surface area contributed by atoms with E-state index in [0.29, 0.717) is 13.0 Å². The standard InChI is InChI=1S/C12H26N2O2/c1-5-14(11(3)9-16-4)12(15)8-6-7-10(2)13/h10-11H,5-9,13H2,1-4H3. The van der Waals surface area contributed by atoms with E-state index in [1.54, 1.807) is 7.11 Å². The second kappa shape index (κ2) is 8.53. The summed E-state index contributed by atoms with van der Waals surface area (Å²) in [5, 5.41) is 0. The Kier molecular flexibility index (Phi) is 8.21. The molecule has 2 atom stereocenters. The zero-order valence-corrected chi connectivity index (χ0v) is 11.0. The molecule has 16 heavy (non-hydrogen) atoms. The van der Waals surface area contributed by atoms with Gasteiger partial charge in [0.15, 0.2) is 0 Å². The molecule has 0 radical (unpaired) electrons. The molecular weight excluding hydrogens is 204 g/mol. The normalized spacial score (nSPS) is 14.6. The summed E-state index contributed by atoms with van der Waals surface area (Å²) in [6.45, 7) is 7.30. The van der Waals surface area contributed by atoms with Crippen LogP contribution in [0.2, 0.25) is 0 Å². The minimum absolute atomic E-state index is 0.151. The lowest BCUT2D eigenvalue weighted by Gasteiger charge is -2.27. The Balaban J connectivity index is 4.00. The van der Waals surface area contributed by atoms with Gasteiger partial charge in [-0.15, -0.1) is 0 Å². The Labute approximate surface area is 99.1 Å². The Hall–Kier alpha value is -0.610. The van der Waals surface area contributed by atoms with Gasteiger partial charge in [0.2, 0.25) is 5.91 Å². The number of carbonyl (C=O) groups excluding carboxylic acids is 1. The first-order valence-corrected chi connectivity index (χ1v) is 6.06. The highest BCUT2D eigenvalue weighted by atomic mass is 16.5. The molecule has 0 aliphatic carbocycles. The number of rotatable bonds is 8. The minimum Gasteiger partial charge on any atom is -0.383 e. The molecule has 1 amide bonds. The fourth-order valence-corrected chi connectivity index (χ4v) is 1.78. The predicted octanol–water partition coefficient (Wildman–Crippen LogP) is 1.39. The Morgan fingerprint density at radius 2 is 2.06 bits per heavy atom. The van der Waals surface area contributed by atoms with Gasteiger partial charge in [-0.2, -0.15) is 0 Å². The molecule has 2 N–H and O–H groups in total. The summed E-state index contributed by atoms with van der Waals surface area (Å²) in [4.78, 5) is 13.8. The van der Waals surface area contributed by atoms with E-state index in [4.69, 9.17) is 10.5 Å². The molecule has 0 aromatic rings. The molecule has 4 nitrogen and oxygen atoms in total. The lowest BCUT2D eigenvalue weighted by atomic mass is 10.1. The molecular formula is C12H26N2O2. The first kappa shape index (κ1) is 15.4. The molecule has 0 aliphatic heterocycles. The lowest BCUT2D eigenvalue weighted by Crippen LogP contribution is -2.40. The van der Waals surface area contributed by atoms with Gasteiger partial charge in [-0.1, -0.05) is 0 Å². The second-order valence-corrected chi connectivity index (χ2v) is 4.35. The van der Waals surface area contributed by atoms with Crippen molar-refractivity contribution in [3.63, 3.8) is 0 Å². The molecule has 0 spiro atoms. The summed E-state index contributed by atoms with van der Waals surface area (Å²) >= 11 is 0. The average molecular weight is 230 g/mol. The van der Waals surface area contributed by atoms with Gasteiger partial charge < -0.3 is 15.4 Å². The van der Waals surface area contributed by atoms with Crippen molar-refractivity contribution in [2.24, 2.45) is 5.73 Å². The van der Waals surface area contributed by atoms with Crippen molar-refractivity contribution in [3.05, 3.63) is 0 Å². The van der Waals surface area contributed by atoms with Gasteiger partial charge in [0.05, 0.1) is 12.6 Å². The number of nitrogens with two attached hydrogens (primary N) is 1. The summed E-state index contributed by atoms with van der Waals surface area (Å²) in [5.41, 5.74) is 5.65. The maximum absolute atomic E-state index is 11.9. The smallest absolute Gasteiger partial charge is 0.222 e. The molecule has 0 saturated heterocycles. The van der Waals surface area contributed by atoms with Crippen LogP contribution < -0.4 is 5.73 Å². The summed E-state index contributed by atoms with van der Waals surface area (Å²) in [6.07, 6.45) is 2.36. The molecule has 0 bridgehead atoms. The molecule has 0 saturated carbocycles. The van der Waals surface area contributed by atoms with E-state index in [9.17, 15) is 4.79 Å². The van der Waals surface area contributed by atoms with Crippen LogP contribution in [0.5, 0.6) is 0 Å². The van der Waals surface area contributed by atoms with E-state index in [-0.39, 0.29) is 18.0 Å². The second-order valence-electron chi connectivity index (χ2n) is 4.35. The average Bonchev–Trinajstić information content (AvgIpc) is 2.18. The third-order valence-electron chi connectivity index (χ3n) is 2.65. The van der Waals surface area contributed by atoms with Crippen molar-refractivity contribution in [3.8, 4) is 0 Å². The van der Waals surface area contributed by atoms with Crippen LogP contribution >= 0.6 is 0 Å². The molecule has 0 aromatic carbocycles. The number of hydrogen-bond donors (Lipinski definition) is 1. The van der Waals surface area contributed by atoms with Crippen molar-refractivity contribution >= 4 is 5.91 Å². The van der Waals surface area contributed by atoms with Crippen molar-refractivity contribution in [1.82, 2.24) is 4.90 Å². The van der Waals surface area contributed by atoms with Crippen LogP contribution in [0.3, 0.4) is 0 Å². The molecule has 0 fully saturated rings. The fraction of sp³-hybridized carbons (Fsp3) is 0.917. The maximum Gasteiger partial charge on any atom is 0.222 e. The minimum atomic E-state index is 0.151. The molecule has 2 unspecified atom stereocenters. The van der Waals surface area contributed by atoms with Crippen LogP contribution in [0.1, 0.15) is 40.0 Å². The number of hydrogen-bond acceptors (Lipinski definition) is 3. The van der Waals surface area contributed by atoms with Crippen LogP contribution in [0.25, 0.3) is 0 Å². The third kappa shape index (κ3) is 6.08. The highest BCUT2D eigenvalue weighted by Gasteiger charge is 2.17. The topological polar surface area (TPSA) is 55.6 Å². The largest absolute Gasteiger partial charge is 0.383 e. The van der Waals surface area contributed by atoms with Crippen molar-refractivity contribution in [2.75, 3.05) is 20.3 Å². The third-order valence-corrected chi connectivity index (χ3v) is 2.65. The SMILES string of the molecule is CCN(C(=O)CCCC(C)N)C(C)COC. The number of methoxy groups -OCH3 is 1. The van der Waals surface area contributed by atoms with Gasteiger partial charge in [0.1, 0.15) is 0 Å². The van der Waals surface area contributed by atoms with Crippen LogP contribution in [0.4, 0.5) is 0 Å². The summed E-state index contributed by atoms with van der Waals surface area (Å²) in [6, 6.07) is 0.331. The summed E-state index contributed by atoms with van der Waals surface area (Å²) in [5.74, 6) is 0.202. The van der Waals surface area contributed by atoms with Gasteiger partial charge in [-0.25, -0.2) is 0 Å². The Morgan fingerprint density at radius 1 is 1.44 bits per heavy atom. The van der Waals surface area contributed by atoms with Crippen LogP contribution in [-0.2, 0) is 9.53 Å². The maximum atomic E-state index is 11.9. The fourth-order valence-electron chi connectivity index (χ4n) is 1.78. The van der Waals surface area contributed by atoms with E-state index in [1.165, 1.54) is 0 Å². The van der Waals surface area contributed by atoms with Gasteiger partial charge in [0.25, 0.3) is 0 Å². The van der Waals surface area contributed by atoms with E-state index in [2.05, 4.69) is 0 Å². The van der Waals surface area contributed by atoms with Crippen LogP contribution in [0.15, 0.2) is 0 Å². The number of likely N-dealkylation sites (N-methyl/N-ethyl adjacent to an activating group) is 1. The number of amides is 1. The summed E-state index contributed by atoms with van der Waals surface area (Å²) < 4.78 is 5.07. The quantitative estimate of drug-likeness (QED) is 0.685. The number of nitrogens with zero attached hydrogens (tertiary/aromatic N) is 1. The van der Waals surface area contributed by atoms with E-state index < -0.39 is 0 Å². The van der Waals surface area contributed by atoms with Gasteiger partial charge in [0, 0.05) is 26.1 Å². The van der Waals surface area contributed by atoms with E-state index in [0.717, 1.165) is 19.4 Å². The molecule has 96 valence electrons. The Morgan fingerprint density at radius 3 is 2.50 bits per heavy atom. The molecule has 0 heterocycles. The molecule has 0 rings (SSSR count). The number of carbonyl (C=O) groups is 1. The Bertz CT molecular complexity index is 195. The highest BCUT2D eigenvalue weighted by Crippen LogP contribution is 2.06. The molecule has 4 heteroatoms. The monoisotopic (exact) mass is 230 g/mol. The lowest BCUT2D eigenvalue weighted by molar-refractivity contribution is -0.134. The predicted molar refractivity (Wildman–Crippen MR) is 66.2 cm³/mol. The van der Waals surface area contributed by atoms with Gasteiger partial charge >= 0.3 is 0 Å². The zero-order chi connectivity index (χ0) is 12.6. The molecule has 0 aromatic heterocycles. The van der Waals surface area contributed by atoms with E-state index >= 15 is 0 Å².